The zero-order chi connectivity index (χ0) is 25.4. The Morgan fingerprint density at radius 2 is 1.86 bits per heavy atom. The Hall–Kier alpha value is -3.76. The molecule has 0 unspecified atom stereocenters. The molecule has 0 aliphatic carbocycles. The maximum atomic E-state index is 13.3. The first-order valence-corrected chi connectivity index (χ1v) is 12.0. The molecule has 3 aliphatic heterocycles. The standard InChI is InChI=1S/C26H26N4O6.ClH/c1-2-36-26(33)20-14-23(24(31)17-4-3-5-19(12-17)30(34)35)29-11-8-18(13-22(20)29)25(32)27-21-15-28-9-6-16(21)7-10-28;/h3-5,8,11-14,16,21H,2,6-7,9-10,15H2,1H3,(H,27,32);1H/t21-;/m0./s1. The molecule has 3 aliphatic rings. The number of hydrogen-bond donors (Lipinski definition) is 1. The number of carbonyl (C=O) groups excluding carboxylic acids is 3. The van der Waals surface area contributed by atoms with Gasteiger partial charge in [0.15, 0.2) is 0 Å². The number of nitro benzene ring substituents is 1. The van der Waals surface area contributed by atoms with Crippen molar-refractivity contribution in [2.24, 2.45) is 5.92 Å². The van der Waals surface area contributed by atoms with Gasteiger partial charge in [-0.2, -0.15) is 0 Å². The van der Waals surface area contributed by atoms with Crippen LogP contribution in [0.2, 0.25) is 0 Å². The van der Waals surface area contributed by atoms with E-state index in [4.69, 9.17) is 4.74 Å². The Bertz CT molecular complexity index is 1380. The third kappa shape index (κ3) is 5.07. The van der Waals surface area contributed by atoms with Crippen molar-refractivity contribution in [1.82, 2.24) is 14.6 Å². The van der Waals surface area contributed by atoms with E-state index in [9.17, 15) is 24.5 Å². The lowest BCUT2D eigenvalue weighted by atomic mass is 9.84. The van der Waals surface area contributed by atoms with Gasteiger partial charge in [0.25, 0.3) is 11.6 Å². The fourth-order valence-corrected chi connectivity index (χ4v) is 5.18. The second kappa shape index (κ2) is 10.7. The smallest absolute Gasteiger partial charge is 0.340 e. The number of rotatable bonds is 7. The van der Waals surface area contributed by atoms with Gasteiger partial charge in [0.2, 0.25) is 5.78 Å². The van der Waals surface area contributed by atoms with Gasteiger partial charge >= 0.3 is 5.97 Å². The average molecular weight is 527 g/mol. The second-order valence-corrected chi connectivity index (χ2v) is 9.19. The highest BCUT2D eigenvalue weighted by Crippen LogP contribution is 2.28. The largest absolute Gasteiger partial charge is 0.462 e. The Morgan fingerprint density at radius 3 is 2.51 bits per heavy atom. The average Bonchev–Trinajstić information content (AvgIpc) is 3.28. The number of carbonyl (C=O) groups is 3. The summed E-state index contributed by atoms with van der Waals surface area (Å²) in [5, 5.41) is 14.3. The molecule has 2 aromatic heterocycles. The highest BCUT2D eigenvalue weighted by atomic mass is 35.5. The van der Waals surface area contributed by atoms with E-state index in [1.54, 1.807) is 25.3 Å². The summed E-state index contributed by atoms with van der Waals surface area (Å²) in [7, 11) is 0. The molecule has 11 heteroatoms. The fraction of sp³-hybridized carbons (Fsp3) is 0.346. The molecule has 3 saturated heterocycles. The maximum Gasteiger partial charge on any atom is 0.340 e. The molecule has 6 rings (SSSR count). The van der Waals surface area contributed by atoms with E-state index in [1.807, 2.05) is 0 Å². The summed E-state index contributed by atoms with van der Waals surface area (Å²) in [6.07, 6.45) is 3.70. The molecular weight excluding hydrogens is 500 g/mol. The van der Waals surface area contributed by atoms with Crippen LogP contribution in [0.4, 0.5) is 5.69 Å². The zero-order valence-electron chi connectivity index (χ0n) is 20.2. The Balaban J connectivity index is 0.00000320. The van der Waals surface area contributed by atoms with Crippen LogP contribution in [0, 0.1) is 16.0 Å². The summed E-state index contributed by atoms with van der Waals surface area (Å²) in [6, 6.07) is 10.1. The summed E-state index contributed by atoms with van der Waals surface area (Å²) in [4.78, 5) is 52.1. The molecule has 10 nitrogen and oxygen atoms in total. The minimum atomic E-state index is -0.622. The number of halogens is 1. The van der Waals surface area contributed by atoms with Gasteiger partial charge in [0, 0.05) is 42.0 Å². The predicted molar refractivity (Wildman–Crippen MR) is 138 cm³/mol. The number of amides is 1. The summed E-state index contributed by atoms with van der Waals surface area (Å²) >= 11 is 0. The maximum absolute atomic E-state index is 13.3. The molecule has 0 saturated carbocycles. The number of pyridine rings is 1. The molecule has 3 aromatic rings. The lowest BCUT2D eigenvalue weighted by Crippen LogP contribution is -2.57. The molecule has 1 N–H and O–H groups in total. The number of esters is 1. The lowest BCUT2D eigenvalue weighted by Gasteiger charge is -2.44. The van der Waals surface area contributed by atoms with Crippen LogP contribution in [0.15, 0.2) is 48.7 Å². The molecule has 0 radical (unpaired) electrons. The fourth-order valence-electron chi connectivity index (χ4n) is 5.18. The first-order chi connectivity index (χ1) is 17.4. The van der Waals surface area contributed by atoms with Crippen LogP contribution < -0.4 is 5.32 Å². The van der Waals surface area contributed by atoms with Crippen molar-refractivity contribution in [3.8, 4) is 0 Å². The van der Waals surface area contributed by atoms with Crippen molar-refractivity contribution in [2.45, 2.75) is 25.8 Å². The van der Waals surface area contributed by atoms with Gasteiger partial charge in [0.05, 0.1) is 28.3 Å². The van der Waals surface area contributed by atoms with Crippen molar-refractivity contribution in [1.29, 1.82) is 0 Å². The number of hydrogen-bond acceptors (Lipinski definition) is 7. The molecule has 2 bridgehead atoms. The van der Waals surface area contributed by atoms with Gasteiger partial charge in [-0.05, 0) is 57.0 Å². The minimum Gasteiger partial charge on any atom is -0.462 e. The SMILES string of the molecule is CCOC(=O)c1cc(C(=O)c2cccc([N+](=O)[O-])c2)n2ccc(C(=O)N[C@H]3CN4CCC3CC4)cc12.Cl. The van der Waals surface area contributed by atoms with Crippen LogP contribution in [0.25, 0.3) is 5.52 Å². The summed E-state index contributed by atoms with van der Waals surface area (Å²) in [6.45, 7) is 4.79. The third-order valence-electron chi connectivity index (χ3n) is 7.05. The molecule has 37 heavy (non-hydrogen) atoms. The van der Waals surface area contributed by atoms with Crippen molar-refractivity contribution < 1.29 is 24.0 Å². The Kier molecular flexibility index (Phi) is 7.60. The van der Waals surface area contributed by atoms with Crippen LogP contribution in [-0.2, 0) is 4.74 Å². The van der Waals surface area contributed by atoms with Crippen molar-refractivity contribution in [3.05, 3.63) is 81.2 Å². The number of aromatic nitrogens is 1. The first-order valence-electron chi connectivity index (χ1n) is 12.0. The van der Waals surface area contributed by atoms with Gasteiger partial charge in [-0.15, -0.1) is 12.4 Å². The number of fused-ring (bicyclic) bond motifs is 4. The molecule has 3 fully saturated rings. The van der Waals surface area contributed by atoms with E-state index in [0.717, 1.165) is 32.5 Å². The summed E-state index contributed by atoms with van der Waals surface area (Å²) < 4.78 is 6.69. The third-order valence-corrected chi connectivity index (χ3v) is 7.05. The van der Waals surface area contributed by atoms with E-state index in [2.05, 4.69) is 10.2 Å². The highest BCUT2D eigenvalue weighted by Gasteiger charge is 2.35. The molecule has 5 heterocycles. The predicted octanol–water partition coefficient (Wildman–Crippen LogP) is 3.50. The monoisotopic (exact) mass is 526 g/mol. The number of non-ortho nitro benzene ring substituents is 1. The van der Waals surface area contributed by atoms with Crippen molar-refractivity contribution >= 4 is 41.3 Å². The van der Waals surface area contributed by atoms with E-state index >= 15 is 0 Å². The molecule has 0 spiro atoms. The molecule has 1 aromatic carbocycles. The van der Waals surface area contributed by atoms with E-state index < -0.39 is 16.7 Å². The van der Waals surface area contributed by atoms with Gasteiger partial charge < -0.3 is 19.4 Å². The van der Waals surface area contributed by atoms with Crippen molar-refractivity contribution in [3.63, 3.8) is 0 Å². The lowest BCUT2D eigenvalue weighted by molar-refractivity contribution is -0.384. The van der Waals surface area contributed by atoms with E-state index in [-0.39, 0.29) is 53.5 Å². The van der Waals surface area contributed by atoms with E-state index in [1.165, 1.54) is 34.7 Å². The molecule has 1 amide bonds. The van der Waals surface area contributed by atoms with Gasteiger partial charge in [-0.3, -0.25) is 19.7 Å². The number of benzene rings is 1. The van der Waals surface area contributed by atoms with Gasteiger partial charge in [0.1, 0.15) is 0 Å². The zero-order valence-corrected chi connectivity index (χ0v) is 21.0. The quantitative estimate of drug-likeness (QED) is 0.216. The highest BCUT2D eigenvalue weighted by molar-refractivity contribution is 6.12. The van der Waals surface area contributed by atoms with Crippen LogP contribution >= 0.6 is 12.4 Å². The number of nitrogens with one attached hydrogen (secondary N) is 1. The molecule has 1 atom stereocenters. The number of nitro groups is 1. The normalized spacial score (nSPS) is 20.2. The summed E-state index contributed by atoms with van der Waals surface area (Å²) in [5.41, 5.74) is 0.906. The van der Waals surface area contributed by atoms with Gasteiger partial charge in [-0.1, -0.05) is 12.1 Å². The van der Waals surface area contributed by atoms with E-state index in [0.29, 0.717) is 17.0 Å². The van der Waals surface area contributed by atoms with Crippen molar-refractivity contribution in [2.75, 3.05) is 26.2 Å². The minimum absolute atomic E-state index is 0. The van der Waals surface area contributed by atoms with Crippen LogP contribution in [0.1, 0.15) is 56.5 Å². The molecular formula is C26H27ClN4O6. The Morgan fingerprint density at radius 1 is 1.11 bits per heavy atom. The summed E-state index contributed by atoms with van der Waals surface area (Å²) in [5.74, 6) is -0.888. The molecule has 194 valence electrons. The topological polar surface area (TPSA) is 123 Å². The number of ether oxygens (including phenoxy) is 1. The van der Waals surface area contributed by atoms with Gasteiger partial charge in [-0.25, -0.2) is 4.79 Å². The number of nitrogens with zero attached hydrogens (tertiary/aromatic N) is 3. The number of ketones is 1. The second-order valence-electron chi connectivity index (χ2n) is 9.19. The van der Waals surface area contributed by atoms with Crippen LogP contribution in [0.5, 0.6) is 0 Å². The van der Waals surface area contributed by atoms with Crippen LogP contribution in [-0.4, -0.2) is 64.2 Å². The first kappa shape index (κ1) is 26.3. The number of piperidine rings is 3. The Labute approximate surface area is 219 Å². The van der Waals surface area contributed by atoms with Crippen LogP contribution in [0.3, 0.4) is 0 Å².